The van der Waals surface area contributed by atoms with Crippen LogP contribution in [0, 0.1) is 11.8 Å². The van der Waals surface area contributed by atoms with E-state index >= 15 is 0 Å². The summed E-state index contributed by atoms with van der Waals surface area (Å²) >= 11 is 3.39. The van der Waals surface area contributed by atoms with Crippen molar-refractivity contribution in [1.29, 1.82) is 0 Å². The number of fused-ring (bicyclic) bond motifs is 1. The molecule has 3 atom stereocenters. The van der Waals surface area contributed by atoms with E-state index in [4.69, 9.17) is 0 Å². The Bertz CT molecular complexity index is 219. The van der Waals surface area contributed by atoms with E-state index in [1.165, 1.54) is 25.7 Å². The lowest BCUT2D eigenvalue weighted by atomic mass is 10.0. The summed E-state index contributed by atoms with van der Waals surface area (Å²) in [5, 5.41) is 3.16. The van der Waals surface area contributed by atoms with Crippen LogP contribution >= 0.6 is 15.9 Å². The minimum Gasteiger partial charge on any atom is -0.352 e. The van der Waals surface area contributed by atoms with Gasteiger partial charge < -0.3 is 5.32 Å². The first-order valence-electron chi connectivity index (χ1n) is 5.68. The van der Waals surface area contributed by atoms with E-state index in [1.807, 2.05) is 6.92 Å². The van der Waals surface area contributed by atoms with Crippen molar-refractivity contribution in [3.05, 3.63) is 0 Å². The Labute approximate surface area is 94.0 Å². The molecule has 0 radical (unpaired) electrons. The van der Waals surface area contributed by atoms with Gasteiger partial charge in [-0.3, -0.25) is 4.79 Å². The number of amides is 1. The molecule has 14 heavy (non-hydrogen) atoms. The van der Waals surface area contributed by atoms with Crippen molar-refractivity contribution in [2.45, 2.75) is 49.9 Å². The normalized spacial score (nSPS) is 37.1. The Morgan fingerprint density at radius 1 is 1.43 bits per heavy atom. The summed E-state index contributed by atoms with van der Waals surface area (Å²) in [5.74, 6) is 1.81. The number of hydrogen-bond donors (Lipinski definition) is 1. The number of rotatable bonds is 3. The molecule has 0 spiro atoms. The predicted octanol–water partition coefficient (Wildman–Crippen LogP) is 2.46. The van der Waals surface area contributed by atoms with E-state index in [9.17, 15) is 4.79 Å². The fourth-order valence-corrected chi connectivity index (χ4v) is 2.78. The predicted molar refractivity (Wildman–Crippen MR) is 60.4 cm³/mol. The standard InChI is InChI=1S/C11H18BrNO/c1-2-9(12)11(14)13-10-7-5-3-4-6-8(7)10/h7-10H,2-6H2,1H3,(H,13,14). The summed E-state index contributed by atoms with van der Waals surface area (Å²) in [7, 11) is 0. The molecule has 2 aliphatic rings. The largest absolute Gasteiger partial charge is 0.352 e. The van der Waals surface area contributed by atoms with Crippen LogP contribution in [0.4, 0.5) is 0 Å². The van der Waals surface area contributed by atoms with Crippen LogP contribution < -0.4 is 5.32 Å². The third kappa shape index (κ3) is 1.97. The van der Waals surface area contributed by atoms with Gasteiger partial charge in [0.15, 0.2) is 0 Å². The Hall–Kier alpha value is -0.0500. The molecule has 0 heterocycles. The molecule has 0 aliphatic heterocycles. The fourth-order valence-electron chi connectivity index (χ4n) is 2.65. The van der Waals surface area contributed by atoms with Crippen LogP contribution in [0.5, 0.6) is 0 Å². The Morgan fingerprint density at radius 3 is 2.50 bits per heavy atom. The lowest BCUT2D eigenvalue weighted by Crippen LogP contribution is -2.33. The van der Waals surface area contributed by atoms with Gasteiger partial charge in [-0.25, -0.2) is 0 Å². The highest BCUT2D eigenvalue weighted by Gasteiger charge is 2.51. The highest BCUT2D eigenvalue weighted by atomic mass is 79.9. The first kappa shape index (κ1) is 10.5. The van der Waals surface area contributed by atoms with Gasteiger partial charge in [0.2, 0.25) is 5.91 Å². The molecule has 80 valence electrons. The van der Waals surface area contributed by atoms with Crippen molar-refractivity contribution in [1.82, 2.24) is 5.32 Å². The minimum absolute atomic E-state index is 0.00477. The van der Waals surface area contributed by atoms with Gasteiger partial charge >= 0.3 is 0 Å². The molecule has 0 aromatic carbocycles. The molecule has 1 N–H and O–H groups in total. The molecule has 3 unspecified atom stereocenters. The molecule has 0 aromatic rings. The number of nitrogens with one attached hydrogen (secondary N) is 1. The topological polar surface area (TPSA) is 29.1 Å². The number of halogens is 1. The second-order valence-corrected chi connectivity index (χ2v) is 5.63. The summed E-state index contributed by atoms with van der Waals surface area (Å²) in [6.45, 7) is 2.03. The lowest BCUT2D eigenvalue weighted by molar-refractivity contribution is -0.120. The summed E-state index contributed by atoms with van der Waals surface area (Å²) < 4.78 is 0. The van der Waals surface area contributed by atoms with Gasteiger partial charge in [0.1, 0.15) is 0 Å². The number of carbonyl (C=O) groups is 1. The van der Waals surface area contributed by atoms with Crippen molar-refractivity contribution in [3.8, 4) is 0 Å². The zero-order valence-electron chi connectivity index (χ0n) is 8.63. The zero-order valence-corrected chi connectivity index (χ0v) is 10.2. The maximum atomic E-state index is 11.6. The second kappa shape index (κ2) is 4.21. The van der Waals surface area contributed by atoms with Crippen LogP contribution in [0.25, 0.3) is 0 Å². The van der Waals surface area contributed by atoms with Crippen molar-refractivity contribution in [2.75, 3.05) is 0 Å². The molecule has 2 fully saturated rings. The first-order valence-corrected chi connectivity index (χ1v) is 6.60. The SMILES string of the molecule is CCC(Br)C(=O)NC1C2CCCCC21. The van der Waals surface area contributed by atoms with Crippen LogP contribution in [0.3, 0.4) is 0 Å². The van der Waals surface area contributed by atoms with Crippen molar-refractivity contribution in [3.63, 3.8) is 0 Å². The van der Waals surface area contributed by atoms with Crippen LogP contribution in [-0.2, 0) is 4.79 Å². The van der Waals surface area contributed by atoms with Gasteiger partial charge in [-0.15, -0.1) is 0 Å². The Kier molecular flexibility index (Phi) is 3.15. The molecular weight excluding hydrogens is 242 g/mol. The van der Waals surface area contributed by atoms with Gasteiger partial charge in [0.25, 0.3) is 0 Å². The molecular formula is C11H18BrNO. The van der Waals surface area contributed by atoms with E-state index in [1.54, 1.807) is 0 Å². The average molecular weight is 260 g/mol. The maximum Gasteiger partial charge on any atom is 0.234 e. The van der Waals surface area contributed by atoms with Crippen LogP contribution in [0.2, 0.25) is 0 Å². The van der Waals surface area contributed by atoms with Gasteiger partial charge in [-0.1, -0.05) is 35.7 Å². The van der Waals surface area contributed by atoms with E-state index in [0.717, 1.165) is 18.3 Å². The number of carbonyl (C=O) groups excluding carboxylic acids is 1. The Balaban J connectivity index is 1.79. The lowest BCUT2D eigenvalue weighted by Gasteiger charge is -2.07. The monoisotopic (exact) mass is 259 g/mol. The van der Waals surface area contributed by atoms with Gasteiger partial charge in [0.05, 0.1) is 4.83 Å². The first-order chi connectivity index (χ1) is 6.74. The highest BCUT2D eigenvalue weighted by molar-refractivity contribution is 9.10. The van der Waals surface area contributed by atoms with Gasteiger partial charge in [-0.05, 0) is 31.1 Å². The molecule has 0 aromatic heterocycles. The number of hydrogen-bond acceptors (Lipinski definition) is 1. The van der Waals surface area contributed by atoms with Crippen LogP contribution in [0.1, 0.15) is 39.0 Å². The smallest absolute Gasteiger partial charge is 0.234 e. The molecule has 2 nitrogen and oxygen atoms in total. The molecule has 1 amide bonds. The van der Waals surface area contributed by atoms with Crippen LogP contribution in [0.15, 0.2) is 0 Å². The van der Waals surface area contributed by atoms with Gasteiger partial charge in [0, 0.05) is 6.04 Å². The van der Waals surface area contributed by atoms with E-state index < -0.39 is 0 Å². The molecule has 0 saturated heterocycles. The van der Waals surface area contributed by atoms with Crippen molar-refractivity contribution in [2.24, 2.45) is 11.8 Å². The second-order valence-electron chi connectivity index (χ2n) is 4.52. The minimum atomic E-state index is 0.00477. The summed E-state index contributed by atoms with van der Waals surface area (Å²) in [4.78, 5) is 11.6. The maximum absolute atomic E-state index is 11.6. The Morgan fingerprint density at radius 2 is 2.00 bits per heavy atom. The van der Waals surface area contributed by atoms with E-state index in [-0.39, 0.29) is 10.7 Å². The molecule has 2 saturated carbocycles. The summed E-state index contributed by atoms with van der Waals surface area (Å²) in [6, 6.07) is 0.511. The van der Waals surface area contributed by atoms with Gasteiger partial charge in [-0.2, -0.15) is 0 Å². The van der Waals surface area contributed by atoms with Crippen LogP contribution in [-0.4, -0.2) is 16.8 Å². The zero-order chi connectivity index (χ0) is 10.1. The highest BCUT2D eigenvalue weighted by Crippen LogP contribution is 2.49. The molecule has 2 aliphatic carbocycles. The summed E-state index contributed by atoms with van der Waals surface area (Å²) in [5.41, 5.74) is 0. The molecule has 3 heteroatoms. The van der Waals surface area contributed by atoms with Crippen molar-refractivity contribution < 1.29 is 4.79 Å². The third-order valence-corrected chi connectivity index (χ3v) is 4.67. The van der Waals surface area contributed by atoms with Crippen molar-refractivity contribution >= 4 is 21.8 Å². The fraction of sp³-hybridized carbons (Fsp3) is 0.909. The quantitative estimate of drug-likeness (QED) is 0.776. The average Bonchev–Trinajstić information content (AvgIpc) is 2.91. The molecule has 2 rings (SSSR count). The molecule has 0 bridgehead atoms. The third-order valence-electron chi connectivity index (χ3n) is 3.61. The van der Waals surface area contributed by atoms with E-state index in [0.29, 0.717) is 6.04 Å². The summed E-state index contributed by atoms with van der Waals surface area (Å²) in [6.07, 6.45) is 6.25. The number of alkyl halides is 1. The van der Waals surface area contributed by atoms with E-state index in [2.05, 4.69) is 21.2 Å².